The number of hydrogen-bond acceptors (Lipinski definition) is 5. The SMILES string of the molecule is C=C(C)C(=O)OC1CCC2Cc3occ(C)c3CC2(C)C1C(=O)OC. The number of carbonyl (C=O) groups excluding carboxylic acids is 2. The lowest BCUT2D eigenvalue weighted by Gasteiger charge is -2.51. The molecule has 0 spiro atoms. The first kappa shape index (κ1) is 17.8. The van der Waals surface area contributed by atoms with Gasteiger partial charge in [-0.3, -0.25) is 4.79 Å². The van der Waals surface area contributed by atoms with Crippen molar-refractivity contribution in [3.8, 4) is 0 Å². The van der Waals surface area contributed by atoms with Crippen molar-refractivity contribution >= 4 is 11.9 Å². The van der Waals surface area contributed by atoms with Crippen LogP contribution in [0.15, 0.2) is 22.8 Å². The summed E-state index contributed by atoms with van der Waals surface area (Å²) in [6, 6.07) is 0. The molecule has 0 aliphatic heterocycles. The highest BCUT2D eigenvalue weighted by molar-refractivity contribution is 5.87. The summed E-state index contributed by atoms with van der Waals surface area (Å²) in [5.74, 6) is 0.0886. The van der Waals surface area contributed by atoms with Gasteiger partial charge in [0.1, 0.15) is 11.9 Å². The number of rotatable bonds is 3. The second-order valence-electron chi connectivity index (χ2n) is 7.71. The van der Waals surface area contributed by atoms with Gasteiger partial charge in [0.05, 0.1) is 19.3 Å². The third-order valence-corrected chi connectivity index (χ3v) is 6.06. The van der Waals surface area contributed by atoms with E-state index in [4.69, 9.17) is 13.9 Å². The monoisotopic (exact) mass is 346 g/mol. The van der Waals surface area contributed by atoms with Gasteiger partial charge in [0, 0.05) is 12.0 Å². The molecule has 1 aromatic heterocycles. The fourth-order valence-corrected chi connectivity index (χ4v) is 4.58. The maximum atomic E-state index is 12.7. The zero-order chi connectivity index (χ0) is 18.4. The number of hydrogen-bond donors (Lipinski definition) is 0. The molecule has 0 aromatic carbocycles. The second-order valence-corrected chi connectivity index (χ2v) is 7.71. The first-order valence-corrected chi connectivity index (χ1v) is 8.78. The molecule has 5 nitrogen and oxygen atoms in total. The summed E-state index contributed by atoms with van der Waals surface area (Å²) in [6.07, 6.45) is 4.39. The molecule has 1 saturated carbocycles. The van der Waals surface area contributed by atoms with Crippen molar-refractivity contribution in [2.45, 2.75) is 52.6 Å². The van der Waals surface area contributed by atoms with Crippen molar-refractivity contribution in [1.29, 1.82) is 0 Å². The summed E-state index contributed by atoms with van der Waals surface area (Å²) >= 11 is 0. The summed E-state index contributed by atoms with van der Waals surface area (Å²) in [5, 5.41) is 0. The Morgan fingerprint density at radius 2 is 2.08 bits per heavy atom. The third kappa shape index (κ3) is 2.90. The molecule has 1 fully saturated rings. The molecular weight excluding hydrogens is 320 g/mol. The molecule has 2 aliphatic carbocycles. The van der Waals surface area contributed by atoms with Crippen LogP contribution in [-0.4, -0.2) is 25.2 Å². The number of aryl methyl sites for hydroxylation is 1. The van der Waals surface area contributed by atoms with E-state index in [0.717, 1.165) is 30.6 Å². The molecule has 4 unspecified atom stereocenters. The van der Waals surface area contributed by atoms with E-state index in [1.807, 2.05) is 6.92 Å². The zero-order valence-electron chi connectivity index (χ0n) is 15.4. The van der Waals surface area contributed by atoms with Gasteiger partial charge in [-0.1, -0.05) is 13.5 Å². The normalized spacial score (nSPS) is 30.8. The first-order chi connectivity index (χ1) is 11.8. The molecule has 1 heterocycles. The topological polar surface area (TPSA) is 65.7 Å². The fourth-order valence-electron chi connectivity index (χ4n) is 4.58. The fraction of sp³-hybridized carbons (Fsp3) is 0.600. The molecule has 0 amide bonds. The van der Waals surface area contributed by atoms with Crippen LogP contribution in [0, 0.1) is 24.2 Å². The molecular formula is C20H26O5. The Balaban J connectivity index is 1.97. The van der Waals surface area contributed by atoms with E-state index in [2.05, 4.69) is 13.5 Å². The van der Waals surface area contributed by atoms with E-state index < -0.39 is 18.0 Å². The van der Waals surface area contributed by atoms with Crippen molar-refractivity contribution < 1.29 is 23.5 Å². The van der Waals surface area contributed by atoms with Crippen molar-refractivity contribution in [2.24, 2.45) is 17.3 Å². The Labute approximate surface area is 148 Å². The average molecular weight is 346 g/mol. The van der Waals surface area contributed by atoms with Gasteiger partial charge in [-0.15, -0.1) is 0 Å². The Morgan fingerprint density at radius 1 is 1.36 bits per heavy atom. The van der Waals surface area contributed by atoms with Crippen LogP contribution >= 0.6 is 0 Å². The number of methoxy groups -OCH3 is 1. The molecule has 0 radical (unpaired) electrons. The summed E-state index contributed by atoms with van der Waals surface area (Å²) in [4.78, 5) is 24.7. The molecule has 4 atom stereocenters. The smallest absolute Gasteiger partial charge is 0.333 e. The summed E-state index contributed by atoms with van der Waals surface area (Å²) in [7, 11) is 1.39. The number of furan rings is 1. The molecule has 2 aliphatic rings. The quantitative estimate of drug-likeness (QED) is 0.620. The van der Waals surface area contributed by atoms with Crippen LogP contribution in [0.5, 0.6) is 0 Å². The molecule has 0 bridgehead atoms. The number of fused-ring (bicyclic) bond motifs is 2. The molecule has 0 N–H and O–H groups in total. The predicted molar refractivity (Wildman–Crippen MR) is 91.9 cm³/mol. The van der Waals surface area contributed by atoms with Crippen LogP contribution in [0.4, 0.5) is 0 Å². The van der Waals surface area contributed by atoms with Crippen LogP contribution in [0.25, 0.3) is 0 Å². The number of carbonyl (C=O) groups is 2. The maximum absolute atomic E-state index is 12.7. The third-order valence-electron chi connectivity index (χ3n) is 6.06. The van der Waals surface area contributed by atoms with Gasteiger partial charge in [0.25, 0.3) is 0 Å². The van der Waals surface area contributed by atoms with Gasteiger partial charge >= 0.3 is 11.9 Å². The van der Waals surface area contributed by atoms with Crippen LogP contribution in [0.2, 0.25) is 0 Å². The minimum Gasteiger partial charge on any atom is -0.469 e. The van der Waals surface area contributed by atoms with E-state index in [1.54, 1.807) is 13.2 Å². The van der Waals surface area contributed by atoms with Crippen molar-refractivity contribution in [3.63, 3.8) is 0 Å². The number of ether oxygens (including phenoxy) is 2. The first-order valence-electron chi connectivity index (χ1n) is 8.78. The summed E-state index contributed by atoms with van der Waals surface area (Å²) in [6.45, 7) is 9.41. The van der Waals surface area contributed by atoms with E-state index in [-0.39, 0.29) is 11.4 Å². The Bertz CT molecular complexity index is 716. The van der Waals surface area contributed by atoms with Gasteiger partial charge in [-0.2, -0.15) is 0 Å². The van der Waals surface area contributed by atoms with Gasteiger partial charge in [0.15, 0.2) is 0 Å². The van der Waals surface area contributed by atoms with Gasteiger partial charge < -0.3 is 13.9 Å². The highest BCUT2D eigenvalue weighted by Gasteiger charge is 2.56. The van der Waals surface area contributed by atoms with Crippen molar-refractivity contribution in [2.75, 3.05) is 7.11 Å². The largest absolute Gasteiger partial charge is 0.469 e. The lowest BCUT2D eigenvalue weighted by molar-refractivity contribution is -0.175. The van der Waals surface area contributed by atoms with Gasteiger partial charge in [-0.25, -0.2) is 4.79 Å². The lowest BCUT2D eigenvalue weighted by Crippen LogP contribution is -2.54. The molecule has 3 rings (SSSR count). The van der Waals surface area contributed by atoms with E-state index >= 15 is 0 Å². The van der Waals surface area contributed by atoms with Crippen molar-refractivity contribution in [3.05, 3.63) is 35.3 Å². The van der Waals surface area contributed by atoms with E-state index in [9.17, 15) is 9.59 Å². The maximum Gasteiger partial charge on any atom is 0.333 e. The minimum atomic E-state index is -0.484. The molecule has 0 saturated heterocycles. The Morgan fingerprint density at radius 3 is 2.72 bits per heavy atom. The van der Waals surface area contributed by atoms with Crippen LogP contribution in [0.3, 0.4) is 0 Å². The highest BCUT2D eigenvalue weighted by Crippen LogP contribution is 2.53. The molecule has 1 aromatic rings. The van der Waals surface area contributed by atoms with Gasteiger partial charge in [-0.05, 0) is 55.6 Å². The van der Waals surface area contributed by atoms with Crippen molar-refractivity contribution in [1.82, 2.24) is 0 Å². The van der Waals surface area contributed by atoms with Crippen LogP contribution in [0.1, 0.15) is 43.6 Å². The standard InChI is InChI=1S/C20H26O5/c1-11(2)18(21)25-15-7-6-13-8-16-14(12(3)10-24-16)9-20(13,4)17(15)19(22)23-5/h10,13,15,17H,1,6-9H2,2-5H3. The van der Waals surface area contributed by atoms with E-state index in [1.165, 1.54) is 12.7 Å². The predicted octanol–water partition coefficient (Wildman–Crippen LogP) is 3.38. The van der Waals surface area contributed by atoms with Crippen LogP contribution in [-0.2, 0) is 31.9 Å². The second kappa shape index (κ2) is 6.36. The van der Waals surface area contributed by atoms with Crippen LogP contribution < -0.4 is 0 Å². The Hall–Kier alpha value is -2.04. The molecule has 5 heteroatoms. The highest BCUT2D eigenvalue weighted by atomic mass is 16.6. The van der Waals surface area contributed by atoms with Gasteiger partial charge in [0.2, 0.25) is 0 Å². The Kier molecular flexibility index (Phi) is 4.52. The minimum absolute atomic E-state index is 0.300. The summed E-state index contributed by atoms with van der Waals surface area (Å²) in [5.41, 5.74) is 2.30. The summed E-state index contributed by atoms with van der Waals surface area (Å²) < 4.78 is 16.5. The lowest BCUT2D eigenvalue weighted by atomic mass is 9.54. The zero-order valence-corrected chi connectivity index (χ0v) is 15.4. The molecule has 25 heavy (non-hydrogen) atoms. The van der Waals surface area contributed by atoms with E-state index in [0.29, 0.717) is 17.9 Å². The molecule has 136 valence electrons. The average Bonchev–Trinajstić information content (AvgIpc) is 2.91. The number of esters is 2.